The van der Waals surface area contributed by atoms with Crippen LogP contribution in [-0.2, 0) is 6.54 Å². The van der Waals surface area contributed by atoms with Gasteiger partial charge in [0.1, 0.15) is 16.5 Å². The molecule has 17 heteroatoms. The summed E-state index contributed by atoms with van der Waals surface area (Å²) in [5, 5.41) is 17.6. The molecule has 4 aromatic carbocycles. The number of hydrogen-bond donors (Lipinski definition) is 4. The molecule has 4 N–H and O–H groups in total. The van der Waals surface area contributed by atoms with Crippen molar-refractivity contribution in [3.63, 3.8) is 0 Å². The summed E-state index contributed by atoms with van der Waals surface area (Å²) in [6.45, 7) is 3.10. The number of aromatic nitrogens is 5. The third-order valence-electron chi connectivity index (χ3n) is 8.96. The van der Waals surface area contributed by atoms with Gasteiger partial charge in [-0.3, -0.25) is 14.8 Å². The van der Waals surface area contributed by atoms with Crippen LogP contribution in [0, 0.1) is 0 Å². The van der Waals surface area contributed by atoms with Gasteiger partial charge in [0, 0.05) is 67.7 Å². The van der Waals surface area contributed by atoms with E-state index in [1.165, 1.54) is 16.9 Å². The number of carboxylic acids is 1. The maximum Gasteiger partial charge on any atom is 0.345 e. The molecule has 6 heterocycles. The van der Waals surface area contributed by atoms with E-state index in [1.807, 2.05) is 91.3 Å². The first-order valence-electron chi connectivity index (χ1n) is 18.6. The maximum atomic E-state index is 11.1. The van der Waals surface area contributed by atoms with Crippen LogP contribution in [0.3, 0.4) is 0 Å². The molecular weight excluding hydrogens is 989 g/mol. The Balaban J connectivity index is 0.000000141. The fourth-order valence-electron chi connectivity index (χ4n) is 5.98. The molecule has 0 unspecified atom stereocenters. The lowest BCUT2D eigenvalue weighted by molar-refractivity contribution is 0.0702. The van der Waals surface area contributed by atoms with Crippen molar-refractivity contribution >= 4 is 140 Å². The molecule has 63 heavy (non-hydrogen) atoms. The molecule has 2 aliphatic rings. The van der Waals surface area contributed by atoms with E-state index >= 15 is 0 Å². The summed E-state index contributed by atoms with van der Waals surface area (Å²) in [5.41, 5.74) is 8.28. The van der Waals surface area contributed by atoms with Gasteiger partial charge in [-0.2, -0.15) is 0 Å². The molecule has 0 spiro atoms. The Kier molecular flexibility index (Phi) is 16.1. The molecular formula is C46H37Br2Cl2N9O3S. The molecule has 0 fully saturated rings. The fourth-order valence-corrected chi connectivity index (χ4v) is 8.09. The largest absolute Gasteiger partial charge is 0.477 e. The number of thiophene rings is 1. The zero-order valence-electron chi connectivity index (χ0n) is 32.5. The van der Waals surface area contributed by atoms with Gasteiger partial charge in [-0.25, -0.2) is 24.7 Å². The molecule has 0 saturated carbocycles. The number of nitrogens with zero attached hydrogens (tertiary/aromatic N) is 6. The van der Waals surface area contributed by atoms with Crippen LogP contribution in [0.25, 0.3) is 26.6 Å². The van der Waals surface area contributed by atoms with Gasteiger partial charge in [-0.15, -0.1) is 11.3 Å². The third kappa shape index (κ3) is 13.0. The quantitative estimate of drug-likeness (QED) is 0.0896. The van der Waals surface area contributed by atoms with E-state index in [0.29, 0.717) is 22.2 Å². The highest BCUT2D eigenvalue weighted by molar-refractivity contribution is 9.10. The maximum absolute atomic E-state index is 11.1. The number of aliphatic imine (C=N–C) groups is 2. The highest BCUT2D eigenvalue weighted by atomic mass is 79.9. The van der Waals surface area contributed by atoms with E-state index in [2.05, 4.69) is 89.5 Å². The number of aromatic amines is 1. The molecule has 4 aromatic heterocycles. The van der Waals surface area contributed by atoms with Crippen LogP contribution in [-0.4, -0.2) is 60.8 Å². The van der Waals surface area contributed by atoms with Crippen LogP contribution >= 0.6 is 66.4 Å². The van der Waals surface area contributed by atoms with Gasteiger partial charge in [0.2, 0.25) is 10.6 Å². The zero-order valence-corrected chi connectivity index (χ0v) is 38.0. The fraction of sp³-hybridized carbons (Fsp3) is 0.0870. The number of rotatable bonds is 7. The number of hydrogen-bond acceptors (Lipinski definition) is 11. The SMILES string of the molecule is C.CC(=O)c1cc2ccc(Br)cc2[nH]1.Clc1nccc(Nc2ccc(C3=CCN=C3)cc2)n1.Clc1nccc(Nc2ccc3c(c2)C=NC3)n1.O=C(O)c1cc2ccc(Br)cc2s1. The number of fused-ring (bicyclic) bond motifs is 3. The second kappa shape index (κ2) is 21.8. The van der Waals surface area contributed by atoms with Crippen LogP contribution in [0.4, 0.5) is 23.0 Å². The van der Waals surface area contributed by atoms with E-state index in [4.69, 9.17) is 28.3 Å². The van der Waals surface area contributed by atoms with Crippen molar-refractivity contribution in [2.45, 2.75) is 20.9 Å². The first-order valence-corrected chi connectivity index (χ1v) is 21.8. The van der Waals surface area contributed by atoms with Gasteiger partial charge in [-0.1, -0.05) is 75.7 Å². The summed E-state index contributed by atoms with van der Waals surface area (Å²) in [6, 6.07) is 32.9. The Morgan fingerprint density at radius 2 is 1.40 bits per heavy atom. The van der Waals surface area contributed by atoms with Crippen molar-refractivity contribution in [1.29, 1.82) is 0 Å². The summed E-state index contributed by atoms with van der Waals surface area (Å²) in [7, 11) is 0. The zero-order chi connectivity index (χ0) is 43.6. The smallest absolute Gasteiger partial charge is 0.345 e. The predicted molar refractivity (Wildman–Crippen MR) is 265 cm³/mol. The van der Waals surface area contributed by atoms with Crippen molar-refractivity contribution in [3.05, 3.63) is 168 Å². The number of allylic oxidation sites excluding steroid dienone is 1. The molecule has 0 radical (unpaired) electrons. The first kappa shape index (κ1) is 46.4. The number of carbonyl (C=O) groups is 2. The molecule has 0 aliphatic carbocycles. The number of anilines is 4. The van der Waals surface area contributed by atoms with Gasteiger partial charge < -0.3 is 20.7 Å². The lowest BCUT2D eigenvalue weighted by atomic mass is 10.1. The second-order valence-electron chi connectivity index (χ2n) is 13.4. The minimum atomic E-state index is -0.864. The number of carbonyl (C=O) groups excluding carboxylic acids is 1. The number of benzene rings is 4. The Morgan fingerprint density at radius 1 is 0.746 bits per heavy atom. The Hall–Kier alpha value is -6.10. The Labute approximate surface area is 393 Å². The average molecular weight is 1030 g/mol. The van der Waals surface area contributed by atoms with E-state index in [-0.39, 0.29) is 23.8 Å². The van der Waals surface area contributed by atoms with Gasteiger partial charge >= 0.3 is 5.97 Å². The van der Waals surface area contributed by atoms with E-state index in [1.54, 1.807) is 37.5 Å². The normalized spacial score (nSPS) is 11.8. The number of H-pyrrole nitrogens is 1. The van der Waals surface area contributed by atoms with Crippen LogP contribution in [0.15, 0.2) is 141 Å². The second-order valence-corrected chi connectivity index (χ2v) is 16.9. The highest BCUT2D eigenvalue weighted by Crippen LogP contribution is 2.29. The van der Waals surface area contributed by atoms with E-state index < -0.39 is 5.97 Å². The molecule has 12 nitrogen and oxygen atoms in total. The van der Waals surface area contributed by atoms with Gasteiger partial charge in [-0.05, 0) is 124 Å². The van der Waals surface area contributed by atoms with E-state index in [0.717, 1.165) is 71.1 Å². The average Bonchev–Trinajstić information content (AvgIpc) is 4.09. The van der Waals surface area contributed by atoms with Crippen LogP contribution < -0.4 is 10.6 Å². The lowest BCUT2D eigenvalue weighted by Gasteiger charge is -2.06. The van der Waals surface area contributed by atoms with Crippen molar-refractivity contribution < 1.29 is 14.7 Å². The van der Waals surface area contributed by atoms with Crippen LogP contribution in [0.2, 0.25) is 10.6 Å². The minimum Gasteiger partial charge on any atom is -0.477 e. The molecule has 2 aliphatic heterocycles. The summed E-state index contributed by atoms with van der Waals surface area (Å²) in [5.74, 6) is 0.555. The van der Waals surface area contributed by atoms with Crippen molar-refractivity contribution in [3.8, 4) is 0 Å². The molecule has 0 atom stereocenters. The number of halogens is 4. The first-order chi connectivity index (χ1) is 29.9. The number of nitrogens with one attached hydrogen (secondary N) is 3. The van der Waals surface area contributed by atoms with E-state index in [9.17, 15) is 9.59 Å². The van der Waals surface area contributed by atoms with Crippen LogP contribution in [0.5, 0.6) is 0 Å². The minimum absolute atomic E-state index is 0. The Morgan fingerprint density at radius 3 is 2.03 bits per heavy atom. The van der Waals surface area contributed by atoms with Gasteiger partial charge in [0.25, 0.3) is 0 Å². The Bertz CT molecular complexity index is 2920. The molecule has 318 valence electrons. The molecule has 0 bridgehead atoms. The molecule has 8 aromatic rings. The van der Waals surface area contributed by atoms with Crippen molar-refractivity contribution in [2.24, 2.45) is 9.98 Å². The van der Waals surface area contributed by atoms with Gasteiger partial charge in [0.15, 0.2) is 5.78 Å². The summed E-state index contributed by atoms with van der Waals surface area (Å²) >= 11 is 19.5. The standard InChI is InChI=1S/C14H11ClN4.C12H9ClN4.C10H8BrNO.C9H5BrO2S.CH4/c15-14-17-8-6-13(19-14)18-12-3-1-10(2-4-12)11-5-7-16-9-11;13-12-15-4-3-11(17-12)16-10-2-1-8-6-14-7-9(8)5-10;1-6(13)9-4-7-2-3-8(11)5-10(7)12-9;10-6-2-1-5-3-8(9(11)12)13-7(5)4-6;/h1-6,8-9H,7H2,(H,17,18,19);1-5,7H,6H2,(H,15,16,17);2-5,12H,1H3;1-4H,(H,11,12);1H4. The summed E-state index contributed by atoms with van der Waals surface area (Å²) < 4.78 is 2.97. The van der Waals surface area contributed by atoms with Crippen molar-refractivity contribution in [2.75, 3.05) is 17.2 Å². The summed E-state index contributed by atoms with van der Waals surface area (Å²) in [4.78, 5) is 49.4. The number of Topliss-reactive ketones (excluding diaryl/α,β-unsaturated/α-hetero) is 1. The lowest BCUT2D eigenvalue weighted by Crippen LogP contribution is -1.96. The molecule has 0 saturated heterocycles. The summed E-state index contributed by atoms with van der Waals surface area (Å²) in [6.07, 6.45) is 9.12. The molecule has 0 amide bonds. The van der Waals surface area contributed by atoms with Gasteiger partial charge in [0.05, 0.1) is 18.8 Å². The number of carboxylic acid groups (broad SMARTS) is 1. The molecule has 10 rings (SSSR count). The van der Waals surface area contributed by atoms with Crippen LogP contribution in [0.1, 0.15) is 51.2 Å². The monoisotopic (exact) mass is 1020 g/mol. The van der Waals surface area contributed by atoms with Crippen molar-refractivity contribution in [1.82, 2.24) is 24.9 Å². The topological polar surface area (TPSA) is 170 Å². The number of ketones is 1. The highest BCUT2D eigenvalue weighted by Gasteiger charge is 2.09. The number of aromatic carboxylic acids is 1. The predicted octanol–water partition coefficient (Wildman–Crippen LogP) is 13.3. The third-order valence-corrected chi connectivity index (χ3v) is 11.4.